The van der Waals surface area contributed by atoms with Crippen molar-refractivity contribution in [3.05, 3.63) is 63.7 Å². The van der Waals surface area contributed by atoms with Crippen LogP contribution >= 0.6 is 0 Å². The van der Waals surface area contributed by atoms with E-state index in [1.807, 2.05) is 30.3 Å². The van der Waals surface area contributed by atoms with Crippen molar-refractivity contribution in [3.63, 3.8) is 0 Å². The van der Waals surface area contributed by atoms with Gasteiger partial charge in [-0.1, -0.05) is 18.2 Å². The Morgan fingerprint density at radius 2 is 1.86 bits per heavy atom. The number of nitrogens with zero attached hydrogens (tertiary/aromatic N) is 2. The Morgan fingerprint density at radius 1 is 1.24 bits per heavy atom. The fourth-order valence-electron chi connectivity index (χ4n) is 2.14. The summed E-state index contributed by atoms with van der Waals surface area (Å²) in [6.45, 7) is 1.61. The van der Waals surface area contributed by atoms with Crippen LogP contribution in [0, 0.1) is 17.0 Å². The summed E-state index contributed by atoms with van der Waals surface area (Å²) in [5.41, 5.74) is 1.43. The molecule has 0 aliphatic carbocycles. The largest absolute Gasteiger partial charge is 0.478 e. The first-order chi connectivity index (χ1) is 9.91. The van der Waals surface area contributed by atoms with Crippen molar-refractivity contribution in [2.24, 2.45) is 0 Å². The van der Waals surface area contributed by atoms with Crippen LogP contribution in [0.3, 0.4) is 0 Å². The van der Waals surface area contributed by atoms with E-state index in [2.05, 4.69) is 0 Å². The monoisotopic (exact) mass is 286 g/mol. The van der Waals surface area contributed by atoms with Crippen molar-refractivity contribution in [3.8, 4) is 0 Å². The molecule has 0 aliphatic heterocycles. The molecule has 0 aromatic heterocycles. The Hall–Kier alpha value is -2.89. The third-order valence-electron chi connectivity index (χ3n) is 3.30. The summed E-state index contributed by atoms with van der Waals surface area (Å²) in [5, 5.41) is 20.2. The van der Waals surface area contributed by atoms with Gasteiger partial charge in [0.1, 0.15) is 0 Å². The van der Waals surface area contributed by atoms with Crippen LogP contribution in [0.4, 0.5) is 17.1 Å². The van der Waals surface area contributed by atoms with E-state index >= 15 is 0 Å². The minimum Gasteiger partial charge on any atom is -0.478 e. The van der Waals surface area contributed by atoms with Crippen molar-refractivity contribution < 1.29 is 14.8 Å². The third-order valence-corrected chi connectivity index (χ3v) is 3.30. The summed E-state index contributed by atoms with van der Waals surface area (Å²) in [4.78, 5) is 23.4. The molecule has 1 N–H and O–H groups in total. The van der Waals surface area contributed by atoms with Crippen LogP contribution < -0.4 is 4.90 Å². The SMILES string of the molecule is Cc1c(N(C)c2ccccc2)cc(C(=O)O)cc1[N+](=O)[O-]. The molecular formula is C15H14N2O4. The number of hydrogen-bond donors (Lipinski definition) is 1. The van der Waals surface area contributed by atoms with Crippen molar-refractivity contribution in [2.45, 2.75) is 6.92 Å². The van der Waals surface area contributed by atoms with E-state index in [1.54, 1.807) is 18.9 Å². The topological polar surface area (TPSA) is 83.7 Å². The number of carboxylic acid groups (broad SMARTS) is 1. The van der Waals surface area contributed by atoms with Crippen LogP contribution in [0.1, 0.15) is 15.9 Å². The minimum absolute atomic E-state index is 0.106. The van der Waals surface area contributed by atoms with Crippen molar-refractivity contribution in [1.82, 2.24) is 0 Å². The number of nitro groups is 1. The lowest BCUT2D eigenvalue weighted by atomic mass is 10.1. The Balaban J connectivity index is 2.62. The molecule has 108 valence electrons. The van der Waals surface area contributed by atoms with Crippen LogP contribution in [0.25, 0.3) is 0 Å². The van der Waals surface area contributed by atoms with E-state index in [9.17, 15) is 14.9 Å². The second-order valence-electron chi connectivity index (χ2n) is 4.60. The average Bonchev–Trinajstić information content (AvgIpc) is 2.47. The van der Waals surface area contributed by atoms with Gasteiger partial charge in [-0.15, -0.1) is 0 Å². The fraction of sp³-hybridized carbons (Fsp3) is 0.133. The van der Waals surface area contributed by atoms with Crippen LogP contribution in [0.5, 0.6) is 0 Å². The summed E-state index contributed by atoms with van der Waals surface area (Å²) >= 11 is 0. The Labute approximate surface area is 121 Å². The summed E-state index contributed by atoms with van der Waals surface area (Å²) in [6.07, 6.45) is 0. The number of nitro benzene ring substituents is 1. The van der Waals surface area contributed by atoms with Crippen LogP contribution in [0.2, 0.25) is 0 Å². The minimum atomic E-state index is -1.19. The van der Waals surface area contributed by atoms with Crippen LogP contribution in [-0.2, 0) is 0 Å². The van der Waals surface area contributed by atoms with E-state index < -0.39 is 10.9 Å². The molecule has 0 saturated carbocycles. The molecule has 21 heavy (non-hydrogen) atoms. The summed E-state index contributed by atoms with van der Waals surface area (Å²) in [7, 11) is 1.74. The number of aromatic carboxylic acids is 1. The number of carboxylic acids is 1. The molecule has 0 saturated heterocycles. The lowest BCUT2D eigenvalue weighted by molar-refractivity contribution is -0.385. The van der Waals surface area contributed by atoms with Gasteiger partial charge in [0.15, 0.2) is 0 Å². The molecule has 0 atom stereocenters. The molecule has 2 aromatic carbocycles. The van der Waals surface area contributed by atoms with Gasteiger partial charge in [-0.3, -0.25) is 10.1 Å². The standard InChI is InChI=1S/C15H14N2O4/c1-10-13(16(2)12-6-4-3-5-7-12)8-11(15(18)19)9-14(10)17(20)21/h3-9H,1-2H3,(H,18,19). The van der Waals surface area contributed by atoms with E-state index in [4.69, 9.17) is 5.11 Å². The molecule has 0 spiro atoms. The quantitative estimate of drug-likeness (QED) is 0.688. The average molecular weight is 286 g/mol. The van der Waals surface area contributed by atoms with E-state index in [-0.39, 0.29) is 11.3 Å². The zero-order valence-corrected chi connectivity index (χ0v) is 11.6. The van der Waals surface area contributed by atoms with E-state index in [0.29, 0.717) is 11.3 Å². The normalized spacial score (nSPS) is 10.2. The van der Waals surface area contributed by atoms with Gasteiger partial charge >= 0.3 is 5.97 Å². The van der Waals surface area contributed by atoms with Gasteiger partial charge in [0, 0.05) is 18.8 Å². The first-order valence-electron chi connectivity index (χ1n) is 6.23. The summed E-state index contributed by atoms with van der Waals surface area (Å²) in [5.74, 6) is -1.19. The smallest absolute Gasteiger partial charge is 0.336 e. The first-order valence-corrected chi connectivity index (χ1v) is 6.23. The summed E-state index contributed by atoms with van der Waals surface area (Å²) in [6, 6.07) is 11.8. The van der Waals surface area contributed by atoms with Gasteiger partial charge in [-0.05, 0) is 25.1 Å². The lowest BCUT2D eigenvalue weighted by Crippen LogP contribution is -2.13. The molecule has 0 radical (unpaired) electrons. The number of carbonyl (C=O) groups is 1. The number of para-hydroxylation sites is 1. The van der Waals surface area contributed by atoms with Gasteiger partial charge in [0.25, 0.3) is 5.69 Å². The molecule has 2 rings (SSSR count). The zero-order valence-electron chi connectivity index (χ0n) is 11.6. The fourth-order valence-corrected chi connectivity index (χ4v) is 2.14. The Morgan fingerprint density at radius 3 is 2.38 bits per heavy atom. The van der Waals surface area contributed by atoms with Crippen molar-refractivity contribution in [1.29, 1.82) is 0 Å². The maximum absolute atomic E-state index is 11.2. The third kappa shape index (κ3) is 2.84. The lowest BCUT2D eigenvalue weighted by Gasteiger charge is -2.22. The second-order valence-corrected chi connectivity index (χ2v) is 4.60. The van der Waals surface area contributed by atoms with Gasteiger partial charge in [0.2, 0.25) is 0 Å². The number of benzene rings is 2. The number of anilines is 2. The predicted molar refractivity (Wildman–Crippen MR) is 79.3 cm³/mol. The molecule has 0 unspecified atom stereocenters. The van der Waals surface area contributed by atoms with Gasteiger partial charge in [-0.25, -0.2) is 4.79 Å². The molecule has 0 amide bonds. The maximum Gasteiger partial charge on any atom is 0.336 e. The second kappa shape index (κ2) is 5.62. The highest BCUT2D eigenvalue weighted by atomic mass is 16.6. The molecule has 6 nitrogen and oxygen atoms in total. The van der Waals surface area contributed by atoms with Crippen molar-refractivity contribution in [2.75, 3.05) is 11.9 Å². The highest BCUT2D eigenvalue weighted by molar-refractivity contribution is 5.91. The van der Waals surface area contributed by atoms with Crippen LogP contribution in [-0.4, -0.2) is 23.0 Å². The molecular weight excluding hydrogens is 272 g/mol. The van der Waals surface area contributed by atoms with E-state index in [0.717, 1.165) is 11.8 Å². The highest BCUT2D eigenvalue weighted by Crippen LogP contribution is 2.33. The Bertz CT molecular complexity index is 698. The predicted octanol–water partition coefficient (Wildman–Crippen LogP) is 3.37. The molecule has 0 fully saturated rings. The zero-order chi connectivity index (χ0) is 15.6. The van der Waals surface area contributed by atoms with Gasteiger partial charge in [0.05, 0.1) is 21.7 Å². The maximum atomic E-state index is 11.2. The van der Waals surface area contributed by atoms with Gasteiger partial charge in [-0.2, -0.15) is 0 Å². The molecule has 2 aromatic rings. The molecule has 0 aliphatic rings. The molecule has 0 heterocycles. The number of hydrogen-bond acceptors (Lipinski definition) is 4. The highest BCUT2D eigenvalue weighted by Gasteiger charge is 2.21. The first kappa shape index (κ1) is 14.5. The number of rotatable bonds is 4. The van der Waals surface area contributed by atoms with Crippen molar-refractivity contribution >= 4 is 23.0 Å². The Kier molecular flexibility index (Phi) is 3.89. The van der Waals surface area contributed by atoms with Crippen LogP contribution in [0.15, 0.2) is 42.5 Å². The van der Waals surface area contributed by atoms with Gasteiger partial charge < -0.3 is 10.0 Å². The summed E-state index contributed by atoms with van der Waals surface area (Å²) < 4.78 is 0. The molecule has 6 heteroatoms. The van der Waals surface area contributed by atoms with E-state index in [1.165, 1.54) is 6.07 Å². The molecule has 0 bridgehead atoms.